The van der Waals surface area contributed by atoms with Gasteiger partial charge in [-0.05, 0) is 92.6 Å². The molecule has 4 aromatic rings. The van der Waals surface area contributed by atoms with Crippen LogP contribution in [0, 0.1) is 20.8 Å². The molecule has 0 unspecified atom stereocenters. The molecule has 41 heavy (non-hydrogen) atoms. The molecule has 0 saturated heterocycles. The van der Waals surface area contributed by atoms with Gasteiger partial charge >= 0.3 is 0 Å². The van der Waals surface area contributed by atoms with E-state index in [4.69, 9.17) is 16.3 Å². The van der Waals surface area contributed by atoms with Gasteiger partial charge in [-0.2, -0.15) is 0 Å². The lowest BCUT2D eigenvalue weighted by atomic mass is 10.1. The molecule has 0 aliphatic carbocycles. The van der Waals surface area contributed by atoms with Crippen molar-refractivity contribution < 1.29 is 26.4 Å². The number of benzene rings is 3. The van der Waals surface area contributed by atoms with E-state index in [-0.39, 0.29) is 21.2 Å². The van der Waals surface area contributed by atoms with E-state index in [1.54, 1.807) is 23.6 Å². The van der Waals surface area contributed by atoms with Gasteiger partial charge in [0.05, 0.1) is 22.2 Å². The van der Waals surface area contributed by atoms with Gasteiger partial charge in [0.2, 0.25) is 0 Å². The summed E-state index contributed by atoms with van der Waals surface area (Å²) in [4.78, 5) is 13.2. The molecular formula is C30H31ClN2O6S2. The Hall–Kier alpha value is -3.34. The first-order valence-corrected chi connectivity index (χ1v) is 16.8. The number of carbonyl (C=O) groups is 1. The van der Waals surface area contributed by atoms with Crippen molar-refractivity contribution in [3.63, 3.8) is 0 Å². The molecular weight excluding hydrogens is 584 g/mol. The monoisotopic (exact) mass is 614 g/mol. The number of sulfone groups is 1. The fourth-order valence-electron chi connectivity index (χ4n) is 5.34. The third-order valence-corrected chi connectivity index (χ3v) is 11.3. The van der Waals surface area contributed by atoms with Crippen molar-refractivity contribution in [3.8, 4) is 5.75 Å². The Balaban J connectivity index is 1.38. The molecule has 0 bridgehead atoms. The van der Waals surface area contributed by atoms with E-state index in [0.29, 0.717) is 54.3 Å². The van der Waals surface area contributed by atoms with Gasteiger partial charge in [0, 0.05) is 22.5 Å². The van der Waals surface area contributed by atoms with Crippen molar-refractivity contribution in [2.24, 2.45) is 0 Å². The fraction of sp³-hybridized carbons (Fsp3) is 0.300. The molecule has 3 aromatic carbocycles. The highest BCUT2D eigenvalue weighted by Crippen LogP contribution is 2.30. The number of hydrogen-bond acceptors (Lipinski definition) is 6. The lowest BCUT2D eigenvalue weighted by molar-refractivity contribution is 0.0972. The molecule has 216 valence electrons. The minimum Gasteiger partial charge on any atom is -0.494 e. The highest BCUT2D eigenvalue weighted by Gasteiger charge is 2.29. The van der Waals surface area contributed by atoms with Gasteiger partial charge in [-0.25, -0.2) is 21.6 Å². The molecule has 1 N–H and O–H groups in total. The largest absolute Gasteiger partial charge is 0.494 e. The molecule has 0 atom stereocenters. The number of rotatable bonds is 8. The maximum absolute atomic E-state index is 13.4. The van der Waals surface area contributed by atoms with Crippen LogP contribution in [0.1, 0.15) is 45.6 Å². The standard InChI is InChI=1S/C30H31ClN2O6S2/c1-19-14-23-9-6-13-40(35,36)28(23)18-27(19)41(37,38)32-30(34)26-17-22-8-4-5-10-25(22)33(26)11-7-12-39-24-15-20(2)29(31)21(3)16-24/h4-5,8,10,14-18H,6-7,9,11-13H2,1-3H3,(H,32,34). The average molecular weight is 615 g/mol. The number of sulfonamides is 1. The number of aromatic nitrogens is 1. The Bertz CT molecular complexity index is 1870. The lowest BCUT2D eigenvalue weighted by Gasteiger charge is -2.19. The summed E-state index contributed by atoms with van der Waals surface area (Å²) in [7, 11) is -7.95. The number of amides is 1. The Morgan fingerprint density at radius 2 is 1.73 bits per heavy atom. The maximum atomic E-state index is 13.4. The van der Waals surface area contributed by atoms with Crippen LogP contribution in [-0.4, -0.2) is 39.7 Å². The Morgan fingerprint density at radius 1 is 1.02 bits per heavy atom. The molecule has 0 radical (unpaired) electrons. The second kappa shape index (κ2) is 11.2. The van der Waals surface area contributed by atoms with Crippen LogP contribution in [-0.2, 0) is 32.8 Å². The number of halogens is 1. The number of hydrogen-bond donors (Lipinski definition) is 1. The predicted molar refractivity (Wildman–Crippen MR) is 159 cm³/mol. The highest BCUT2D eigenvalue weighted by atomic mass is 35.5. The van der Waals surface area contributed by atoms with Crippen LogP contribution in [0.2, 0.25) is 5.02 Å². The highest BCUT2D eigenvalue weighted by molar-refractivity contribution is 7.92. The first-order valence-electron chi connectivity index (χ1n) is 13.3. The van der Waals surface area contributed by atoms with Crippen LogP contribution in [0.5, 0.6) is 5.75 Å². The molecule has 11 heteroatoms. The van der Waals surface area contributed by atoms with Crippen molar-refractivity contribution in [2.45, 2.75) is 56.4 Å². The van der Waals surface area contributed by atoms with Crippen LogP contribution >= 0.6 is 11.6 Å². The maximum Gasteiger partial charge on any atom is 0.281 e. The van der Waals surface area contributed by atoms with E-state index in [9.17, 15) is 21.6 Å². The smallest absolute Gasteiger partial charge is 0.281 e. The molecule has 2 heterocycles. The van der Waals surface area contributed by atoms with Crippen LogP contribution in [0.25, 0.3) is 10.9 Å². The quantitative estimate of drug-likeness (QED) is 0.261. The summed E-state index contributed by atoms with van der Waals surface area (Å²) in [5.41, 5.74) is 3.78. The first-order chi connectivity index (χ1) is 19.4. The zero-order chi connectivity index (χ0) is 29.5. The number of ether oxygens (including phenoxy) is 1. The zero-order valence-corrected chi connectivity index (χ0v) is 25.4. The SMILES string of the molecule is Cc1cc2c(cc1S(=O)(=O)NC(=O)c1cc3ccccc3n1CCCOc1cc(C)c(Cl)c(C)c1)S(=O)(=O)CCC2. The summed E-state index contributed by atoms with van der Waals surface area (Å²) in [6.07, 6.45) is 1.60. The molecule has 8 nitrogen and oxygen atoms in total. The molecule has 1 amide bonds. The summed E-state index contributed by atoms with van der Waals surface area (Å²) in [5, 5.41) is 1.49. The lowest BCUT2D eigenvalue weighted by Crippen LogP contribution is -2.33. The summed E-state index contributed by atoms with van der Waals surface area (Å²) in [5.74, 6) is -0.130. The minimum atomic E-state index is -4.36. The van der Waals surface area contributed by atoms with E-state index in [1.165, 1.54) is 6.07 Å². The molecule has 0 fully saturated rings. The second-order valence-electron chi connectivity index (χ2n) is 10.4. The van der Waals surface area contributed by atoms with Crippen molar-refractivity contribution in [1.82, 2.24) is 9.29 Å². The number of carbonyl (C=O) groups excluding carboxylic acids is 1. The summed E-state index contributed by atoms with van der Waals surface area (Å²) < 4.78 is 61.9. The molecule has 1 aromatic heterocycles. The molecule has 1 aliphatic heterocycles. The number of nitrogens with zero attached hydrogens (tertiary/aromatic N) is 1. The molecule has 1 aliphatic rings. The number of para-hydroxylation sites is 1. The van der Waals surface area contributed by atoms with Gasteiger partial charge in [-0.3, -0.25) is 4.79 Å². The number of aryl methyl sites for hydroxylation is 5. The van der Waals surface area contributed by atoms with Crippen molar-refractivity contribution in [2.75, 3.05) is 12.4 Å². The number of fused-ring (bicyclic) bond motifs is 2. The Kier molecular flexibility index (Phi) is 7.93. The summed E-state index contributed by atoms with van der Waals surface area (Å²) >= 11 is 6.25. The number of nitrogens with one attached hydrogen (secondary N) is 1. The van der Waals surface area contributed by atoms with Crippen LogP contribution in [0.15, 0.2) is 64.4 Å². The molecule has 0 saturated carbocycles. The van der Waals surface area contributed by atoms with Gasteiger partial charge in [0.1, 0.15) is 11.4 Å². The van der Waals surface area contributed by atoms with E-state index >= 15 is 0 Å². The third-order valence-electron chi connectivity index (χ3n) is 7.32. The van der Waals surface area contributed by atoms with Gasteiger partial charge < -0.3 is 9.30 Å². The van der Waals surface area contributed by atoms with Crippen LogP contribution in [0.4, 0.5) is 0 Å². The van der Waals surface area contributed by atoms with Gasteiger partial charge in [0.15, 0.2) is 9.84 Å². The molecule has 0 spiro atoms. The van der Waals surface area contributed by atoms with E-state index in [0.717, 1.165) is 22.0 Å². The average Bonchev–Trinajstić information content (AvgIpc) is 3.27. The first kappa shape index (κ1) is 29.2. The van der Waals surface area contributed by atoms with Crippen molar-refractivity contribution >= 4 is 48.3 Å². The Labute approximate surface area is 245 Å². The zero-order valence-electron chi connectivity index (χ0n) is 23.0. The van der Waals surface area contributed by atoms with E-state index in [1.807, 2.05) is 50.2 Å². The summed E-state index contributed by atoms with van der Waals surface area (Å²) in [6, 6.07) is 15.6. The Morgan fingerprint density at radius 3 is 2.46 bits per heavy atom. The predicted octanol–water partition coefficient (Wildman–Crippen LogP) is 5.53. The topological polar surface area (TPSA) is 112 Å². The normalized spacial score (nSPS) is 14.5. The third kappa shape index (κ3) is 5.86. The second-order valence-corrected chi connectivity index (χ2v) is 14.5. The molecule has 5 rings (SSSR count). The van der Waals surface area contributed by atoms with Crippen LogP contribution in [0.3, 0.4) is 0 Å². The minimum absolute atomic E-state index is 0.0161. The van der Waals surface area contributed by atoms with Crippen LogP contribution < -0.4 is 9.46 Å². The van der Waals surface area contributed by atoms with Gasteiger partial charge in [-0.1, -0.05) is 35.9 Å². The van der Waals surface area contributed by atoms with Gasteiger partial charge in [0.25, 0.3) is 15.9 Å². The van der Waals surface area contributed by atoms with Crippen molar-refractivity contribution in [1.29, 1.82) is 0 Å². The van der Waals surface area contributed by atoms with Gasteiger partial charge in [-0.15, -0.1) is 0 Å². The fourth-order valence-corrected chi connectivity index (χ4v) is 8.34. The van der Waals surface area contributed by atoms with E-state index < -0.39 is 25.8 Å². The summed E-state index contributed by atoms with van der Waals surface area (Å²) in [6.45, 7) is 6.20. The van der Waals surface area contributed by atoms with Crippen molar-refractivity contribution in [3.05, 3.63) is 87.6 Å². The van der Waals surface area contributed by atoms with E-state index in [2.05, 4.69) is 4.72 Å².